The summed E-state index contributed by atoms with van der Waals surface area (Å²) < 4.78 is 40.5. The lowest BCUT2D eigenvalue weighted by Gasteiger charge is -2.19. The predicted octanol–water partition coefficient (Wildman–Crippen LogP) is 5.80. The Labute approximate surface area is 244 Å². The lowest BCUT2D eigenvalue weighted by molar-refractivity contribution is -0.136. The van der Waals surface area contributed by atoms with Crippen molar-refractivity contribution in [2.75, 3.05) is 0 Å². The maximum absolute atomic E-state index is 13.5. The number of rotatable bonds is 9. The molecule has 1 atom stereocenters. The summed E-state index contributed by atoms with van der Waals surface area (Å²) in [5.41, 5.74) is 4.34. The van der Waals surface area contributed by atoms with Crippen LogP contribution in [0.2, 0.25) is 0 Å². The number of ether oxygens (including phenoxy) is 1. The lowest BCUT2D eigenvalue weighted by Crippen LogP contribution is -2.44. The quantitative estimate of drug-likeness (QED) is 0.134. The van der Waals surface area contributed by atoms with E-state index in [-0.39, 0.29) is 17.1 Å². The summed E-state index contributed by atoms with van der Waals surface area (Å²) in [5, 5.41) is 0.735. The zero-order chi connectivity index (χ0) is 29.9. The molecule has 1 heterocycles. The predicted molar refractivity (Wildman–Crippen MR) is 162 cm³/mol. The second-order valence-corrected chi connectivity index (χ2v) is 12.0. The first kappa shape index (κ1) is 29.0. The highest BCUT2D eigenvalue weighted by Crippen LogP contribution is 2.30. The van der Waals surface area contributed by atoms with E-state index in [2.05, 4.69) is 4.72 Å². The van der Waals surface area contributed by atoms with E-state index in [4.69, 9.17) is 9.15 Å². The van der Waals surface area contributed by atoms with E-state index in [0.29, 0.717) is 23.1 Å². The molecule has 42 heavy (non-hydrogen) atoms. The number of hydrogen-bond donors (Lipinski definition) is 1. The van der Waals surface area contributed by atoms with Gasteiger partial charge in [-0.15, -0.1) is 0 Å². The number of aryl methyl sites for hydroxylation is 3. The monoisotopic (exact) mass is 581 g/mol. The minimum absolute atomic E-state index is 0.0457. The van der Waals surface area contributed by atoms with Gasteiger partial charge in [0.1, 0.15) is 17.4 Å². The normalized spacial score (nSPS) is 12.3. The maximum Gasteiger partial charge on any atom is 0.340 e. The Morgan fingerprint density at radius 2 is 1.43 bits per heavy atom. The lowest BCUT2D eigenvalue weighted by atomic mass is 9.98. The van der Waals surface area contributed by atoms with E-state index >= 15 is 0 Å². The van der Waals surface area contributed by atoms with Gasteiger partial charge in [-0.3, -0.25) is 0 Å². The summed E-state index contributed by atoms with van der Waals surface area (Å²) >= 11 is 0. The first-order valence-electron chi connectivity index (χ1n) is 13.6. The van der Waals surface area contributed by atoms with Crippen LogP contribution in [0.5, 0.6) is 5.75 Å². The fourth-order valence-corrected chi connectivity index (χ4v) is 6.05. The van der Waals surface area contributed by atoms with Crippen LogP contribution in [0.25, 0.3) is 11.0 Å². The minimum Gasteiger partial charge on any atom is -0.425 e. The smallest absolute Gasteiger partial charge is 0.340 e. The number of sulfonamides is 1. The minimum atomic E-state index is -4.03. The first-order valence-corrected chi connectivity index (χ1v) is 15.0. The van der Waals surface area contributed by atoms with E-state index in [1.165, 1.54) is 12.1 Å². The van der Waals surface area contributed by atoms with Crippen molar-refractivity contribution < 1.29 is 22.4 Å². The van der Waals surface area contributed by atoms with Crippen molar-refractivity contribution >= 4 is 27.0 Å². The molecule has 8 heteroatoms. The molecule has 0 saturated heterocycles. The highest BCUT2D eigenvalue weighted by Gasteiger charge is 2.29. The zero-order valence-corrected chi connectivity index (χ0v) is 24.4. The largest absolute Gasteiger partial charge is 0.425 e. The number of nitrogens with one attached hydrogen (secondary N) is 1. The fraction of sp³-hybridized carbons (Fsp3) is 0.176. The Morgan fingerprint density at radius 3 is 2.07 bits per heavy atom. The fourth-order valence-electron chi connectivity index (χ4n) is 4.86. The molecule has 0 bridgehead atoms. The first-order chi connectivity index (χ1) is 20.1. The Bertz CT molecular complexity index is 1900. The molecule has 5 rings (SSSR count). The molecule has 5 aromatic rings. The van der Waals surface area contributed by atoms with Gasteiger partial charge in [-0.2, -0.15) is 4.72 Å². The number of hydrogen-bond acceptors (Lipinski definition) is 6. The Balaban J connectivity index is 1.45. The van der Waals surface area contributed by atoms with E-state index < -0.39 is 27.7 Å². The standard InChI is InChI=1S/C34H31NO6S/c1-22-14-16-27(17-15-22)42(38,39)35-30(21-26-12-8-5-9-13-26)34(37)40-31-19-18-28-23(2)29(20-25-10-6-4-7-11-25)33(36)41-32(28)24(31)3/h4-19,30,35H,20-21H2,1-3H3/t30-/m0/s1. The molecule has 0 aliphatic carbocycles. The van der Waals surface area contributed by atoms with Gasteiger partial charge in [-0.05, 0) is 68.1 Å². The molecular formula is C34H31NO6S. The van der Waals surface area contributed by atoms with Gasteiger partial charge in [0.05, 0.1) is 4.90 Å². The van der Waals surface area contributed by atoms with Gasteiger partial charge in [-0.25, -0.2) is 18.0 Å². The van der Waals surface area contributed by atoms with Crippen molar-refractivity contribution in [2.45, 2.75) is 44.6 Å². The van der Waals surface area contributed by atoms with Gasteiger partial charge < -0.3 is 9.15 Å². The molecule has 1 aromatic heterocycles. The van der Waals surface area contributed by atoms with Crippen LogP contribution in [-0.4, -0.2) is 20.4 Å². The molecule has 0 saturated carbocycles. The summed E-state index contributed by atoms with van der Waals surface area (Å²) in [4.78, 5) is 26.6. The molecule has 7 nitrogen and oxygen atoms in total. The van der Waals surface area contributed by atoms with E-state index in [0.717, 1.165) is 27.6 Å². The SMILES string of the molecule is Cc1ccc(S(=O)(=O)N[C@@H](Cc2ccccc2)C(=O)Oc2ccc3c(C)c(Cc4ccccc4)c(=O)oc3c2C)cc1. The van der Waals surface area contributed by atoms with Crippen LogP contribution in [0.3, 0.4) is 0 Å². The van der Waals surface area contributed by atoms with Crippen LogP contribution < -0.4 is 15.1 Å². The Hall–Kier alpha value is -4.53. The molecule has 0 unspecified atom stereocenters. The van der Waals surface area contributed by atoms with Crippen LogP contribution in [-0.2, 0) is 27.7 Å². The van der Waals surface area contributed by atoms with Crippen LogP contribution in [0.4, 0.5) is 0 Å². The topological polar surface area (TPSA) is 103 Å². The van der Waals surface area contributed by atoms with Gasteiger partial charge in [-0.1, -0.05) is 78.4 Å². The summed E-state index contributed by atoms with van der Waals surface area (Å²) in [6, 6.07) is 27.3. The molecular weight excluding hydrogens is 550 g/mol. The molecule has 0 amide bonds. The molecule has 214 valence electrons. The van der Waals surface area contributed by atoms with Crippen LogP contribution in [0.1, 0.15) is 33.4 Å². The molecule has 0 aliphatic heterocycles. The highest BCUT2D eigenvalue weighted by atomic mass is 32.2. The van der Waals surface area contributed by atoms with E-state index in [1.54, 1.807) is 31.2 Å². The van der Waals surface area contributed by atoms with Crippen molar-refractivity contribution in [1.29, 1.82) is 0 Å². The average Bonchev–Trinajstić information content (AvgIpc) is 2.98. The van der Waals surface area contributed by atoms with Gasteiger partial charge in [0.15, 0.2) is 0 Å². The summed E-state index contributed by atoms with van der Waals surface area (Å²) in [6.07, 6.45) is 0.511. The number of carbonyl (C=O) groups is 1. The van der Waals surface area contributed by atoms with Crippen molar-refractivity contribution in [3.05, 3.63) is 141 Å². The molecule has 1 N–H and O–H groups in total. The number of benzene rings is 4. The Kier molecular flexibility index (Phi) is 8.38. The van der Waals surface area contributed by atoms with Crippen molar-refractivity contribution in [1.82, 2.24) is 4.72 Å². The number of fused-ring (bicyclic) bond motifs is 1. The van der Waals surface area contributed by atoms with Crippen molar-refractivity contribution in [3.63, 3.8) is 0 Å². The third-order valence-electron chi connectivity index (χ3n) is 7.28. The van der Waals surface area contributed by atoms with Crippen molar-refractivity contribution in [2.24, 2.45) is 0 Å². The summed E-state index contributed by atoms with van der Waals surface area (Å²) in [6.45, 7) is 5.43. The number of carbonyl (C=O) groups excluding carboxylic acids is 1. The van der Waals surface area contributed by atoms with Gasteiger partial charge in [0.2, 0.25) is 10.0 Å². The second-order valence-electron chi connectivity index (χ2n) is 10.3. The summed E-state index contributed by atoms with van der Waals surface area (Å²) in [5.74, 6) is -0.602. The van der Waals surface area contributed by atoms with Crippen LogP contribution in [0.15, 0.2) is 111 Å². The maximum atomic E-state index is 13.5. The van der Waals surface area contributed by atoms with Crippen LogP contribution in [0, 0.1) is 20.8 Å². The van der Waals surface area contributed by atoms with Gasteiger partial charge >= 0.3 is 11.6 Å². The number of esters is 1. The third-order valence-corrected chi connectivity index (χ3v) is 8.77. The van der Waals surface area contributed by atoms with Gasteiger partial charge in [0.25, 0.3) is 0 Å². The zero-order valence-electron chi connectivity index (χ0n) is 23.6. The highest BCUT2D eigenvalue weighted by molar-refractivity contribution is 7.89. The molecule has 0 spiro atoms. The van der Waals surface area contributed by atoms with Gasteiger partial charge in [0, 0.05) is 22.9 Å². The average molecular weight is 582 g/mol. The molecule has 0 aliphatic rings. The molecule has 4 aromatic carbocycles. The molecule has 0 radical (unpaired) electrons. The third kappa shape index (κ3) is 6.35. The van der Waals surface area contributed by atoms with Crippen LogP contribution >= 0.6 is 0 Å². The van der Waals surface area contributed by atoms with E-state index in [9.17, 15) is 18.0 Å². The van der Waals surface area contributed by atoms with Crippen molar-refractivity contribution in [3.8, 4) is 5.75 Å². The second kappa shape index (κ2) is 12.1. The van der Waals surface area contributed by atoms with E-state index in [1.807, 2.05) is 74.5 Å². The molecule has 0 fully saturated rings. The summed E-state index contributed by atoms with van der Waals surface area (Å²) in [7, 11) is -4.03. The Morgan fingerprint density at radius 1 is 0.810 bits per heavy atom.